The summed E-state index contributed by atoms with van der Waals surface area (Å²) in [5.41, 5.74) is 1.94. The van der Waals surface area contributed by atoms with Crippen molar-refractivity contribution in [1.82, 2.24) is 0 Å². The van der Waals surface area contributed by atoms with Crippen LogP contribution in [0.15, 0.2) is 11.6 Å². The number of hydrogen-bond acceptors (Lipinski definition) is 1. The Morgan fingerprint density at radius 2 is 2.00 bits per heavy atom. The molecule has 0 radical (unpaired) electrons. The first-order valence-electron chi connectivity index (χ1n) is 7.25. The standard InChI is InChI=1S/C16H28O/c1-11-7-13(10-15(17)8-11)9-14-6-5-12(2)16(14,3)4/h5,11,13-15,17H,6-10H2,1-4H3. The average Bonchev–Trinajstić information content (AvgIpc) is 2.43. The fourth-order valence-corrected chi connectivity index (χ4v) is 3.89. The monoisotopic (exact) mass is 236 g/mol. The van der Waals surface area contributed by atoms with E-state index in [1.807, 2.05) is 0 Å². The summed E-state index contributed by atoms with van der Waals surface area (Å²) in [5.74, 6) is 2.25. The summed E-state index contributed by atoms with van der Waals surface area (Å²) in [4.78, 5) is 0. The van der Waals surface area contributed by atoms with Crippen LogP contribution in [0.3, 0.4) is 0 Å². The molecule has 0 amide bonds. The van der Waals surface area contributed by atoms with Gasteiger partial charge in [-0.2, -0.15) is 0 Å². The van der Waals surface area contributed by atoms with Crippen LogP contribution in [0, 0.1) is 23.2 Å². The number of aliphatic hydroxyl groups is 1. The Kier molecular flexibility index (Phi) is 3.68. The molecule has 2 rings (SSSR count). The second kappa shape index (κ2) is 4.76. The minimum Gasteiger partial charge on any atom is -0.393 e. The quantitative estimate of drug-likeness (QED) is 0.714. The smallest absolute Gasteiger partial charge is 0.0545 e. The predicted octanol–water partition coefficient (Wildman–Crippen LogP) is 4.17. The number of rotatable bonds is 2. The molecule has 0 spiro atoms. The summed E-state index contributed by atoms with van der Waals surface area (Å²) in [6, 6.07) is 0. The summed E-state index contributed by atoms with van der Waals surface area (Å²) in [6.07, 6.45) is 8.32. The van der Waals surface area contributed by atoms with Crippen LogP contribution in [0.4, 0.5) is 0 Å². The molecule has 4 atom stereocenters. The lowest BCUT2D eigenvalue weighted by atomic mass is 9.70. The van der Waals surface area contributed by atoms with E-state index in [-0.39, 0.29) is 6.10 Å². The number of allylic oxidation sites excluding steroid dienone is 2. The molecule has 2 aliphatic carbocycles. The van der Waals surface area contributed by atoms with Crippen LogP contribution in [-0.4, -0.2) is 11.2 Å². The van der Waals surface area contributed by atoms with E-state index in [1.165, 1.54) is 19.3 Å². The van der Waals surface area contributed by atoms with Crippen LogP contribution in [0.1, 0.15) is 59.8 Å². The zero-order chi connectivity index (χ0) is 12.6. The highest BCUT2D eigenvalue weighted by Crippen LogP contribution is 2.47. The molecule has 2 aliphatic rings. The molecule has 1 heteroatoms. The summed E-state index contributed by atoms with van der Waals surface area (Å²) < 4.78 is 0. The molecule has 0 aliphatic heterocycles. The van der Waals surface area contributed by atoms with Gasteiger partial charge in [0.1, 0.15) is 0 Å². The largest absolute Gasteiger partial charge is 0.393 e. The van der Waals surface area contributed by atoms with Gasteiger partial charge in [0.2, 0.25) is 0 Å². The lowest BCUT2D eigenvalue weighted by Gasteiger charge is -2.36. The molecule has 1 saturated carbocycles. The first-order valence-corrected chi connectivity index (χ1v) is 7.25. The van der Waals surface area contributed by atoms with Crippen LogP contribution in [-0.2, 0) is 0 Å². The fraction of sp³-hybridized carbons (Fsp3) is 0.875. The zero-order valence-corrected chi connectivity index (χ0v) is 11.9. The molecule has 0 bridgehead atoms. The van der Waals surface area contributed by atoms with Crippen molar-refractivity contribution >= 4 is 0 Å². The number of hydrogen-bond donors (Lipinski definition) is 1. The molecule has 98 valence electrons. The maximum Gasteiger partial charge on any atom is 0.0545 e. The third-order valence-electron chi connectivity index (χ3n) is 5.38. The third kappa shape index (κ3) is 2.76. The minimum atomic E-state index is -0.0395. The van der Waals surface area contributed by atoms with Gasteiger partial charge >= 0.3 is 0 Å². The van der Waals surface area contributed by atoms with Gasteiger partial charge in [0.05, 0.1) is 6.10 Å². The lowest BCUT2D eigenvalue weighted by Crippen LogP contribution is -2.29. The Morgan fingerprint density at radius 3 is 2.53 bits per heavy atom. The maximum absolute atomic E-state index is 9.89. The van der Waals surface area contributed by atoms with E-state index in [1.54, 1.807) is 5.57 Å². The van der Waals surface area contributed by atoms with Crippen molar-refractivity contribution < 1.29 is 5.11 Å². The fourth-order valence-electron chi connectivity index (χ4n) is 3.89. The SMILES string of the molecule is CC1=CCC(CC2CC(C)CC(O)C2)C1(C)C. The Hall–Kier alpha value is -0.300. The van der Waals surface area contributed by atoms with Crippen LogP contribution in [0.2, 0.25) is 0 Å². The molecule has 0 aromatic rings. The van der Waals surface area contributed by atoms with E-state index in [0.717, 1.165) is 24.7 Å². The van der Waals surface area contributed by atoms with Crippen LogP contribution in [0.25, 0.3) is 0 Å². The summed E-state index contributed by atoms with van der Waals surface area (Å²) in [5, 5.41) is 9.89. The highest BCUT2D eigenvalue weighted by atomic mass is 16.3. The van der Waals surface area contributed by atoms with Crippen molar-refractivity contribution in [2.45, 2.75) is 65.9 Å². The normalized spacial score (nSPS) is 41.4. The third-order valence-corrected chi connectivity index (χ3v) is 5.38. The molecular formula is C16H28O. The molecule has 0 heterocycles. The molecule has 0 saturated heterocycles. The van der Waals surface area contributed by atoms with Gasteiger partial charge in [-0.15, -0.1) is 0 Å². The van der Waals surface area contributed by atoms with Crippen molar-refractivity contribution in [2.24, 2.45) is 23.2 Å². The average molecular weight is 236 g/mol. The van der Waals surface area contributed by atoms with Gasteiger partial charge in [-0.3, -0.25) is 0 Å². The van der Waals surface area contributed by atoms with Gasteiger partial charge in [-0.1, -0.05) is 32.4 Å². The Balaban J connectivity index is 1.94. The highest BCUT2D eigenvalue weighted by molar-refractivity contribution is 5.18. The van der Waals surface area contributed by atoms with Gasteiger partial charge in [0.25, 0.3) is 0 Å². The second-order valence-corrected chi connectivity index (χ2v) is 7.11. The van der Waals surface area contributed by atoms with Crippen LogP contribution in [0.5, 0.6) is 0 Å². The molecule has 1 N–H and O–H groups in total. The molecule has 1 nitrogen and oxygen atoms in total. The zero-order valence-electron chi connectivity index (χ0n) is 11.9. The maximum atomic E-state index is 9.89. The summed E-state index contributed by atoms with van der Waals surface area (Å²) in [6.45, 7) is 9.34. The van der Waals surface area contributed by atoms with Gasteiger partial charge in [0.15, 0.2) is 0 Å². The molecule has 0 aromatic carbocycles. The van der Waals surface area contributed by atoms with Crippen LogP contribution < -0.4 is 0 Å². The van der Waals surface area contributed by atoms with Gasteiger partial charge in [0, 0.05) is 0 Å². The lowest BCUT2D eigenvalue weighted by molar-refractivity contribution is 0.0602. The van der Waals surface area contributed by atoms with E-state index in [0.29, 0.717) is 11.3 Å². The van der Waals surface area contributed by atoms with Crippen molar-refractivity contribution in [3.8, 4) is 0 Å². The molecule has 17 heavy (non-hydrogen) atoms. The van der Waals surface area contributed by atoms with Crippen molar-refractivity contribution in [1.29, 1.82) is 0 Å². The number of aliphatic hydroxyl groups excluding tert-OH is 1. The van der Waals surface area contributed by atoms with E-state index < -0.39 is 0 Å². The Labute approximate surface area is 106 Å². The Bertz CT molecular complexity index is 293. The van der Waals surface area contributed by atoms with Crippen molar-refractivity contribution in [3.05, 3.63) is 11.6 Å². The van der Waals surface area contributed by atoms with Gasteiger partial charge in [-0.05, 0) is 62.2 Å². The molecule has 4 unspecified atom stereocenters. The predicted molar refractivity (Wildman–Crippen MR) is 72.8 cm³/mol. The second-order valence-electron chi connectivity index (χ2n) is 7.11. The Morgan fingerprint density at radius 1 is 1.29 bits per heavy atom. The van der Waals surface area contributed by atoms with Crippen molar-refractivity contribution in [3.63, 3.8) is 0 Å². The molecular weight excluding hydrogens is 208 g/mol. The van der Waals surface area contributed by atoms with E-state index in [2.05, 4.69) is 33.8 Å². The summed E-state index contributed by atoms with van der Waals surface area (Å²) in [7, 11) is 0. The van der Waals surface area contributed by atoms with Crippen LogP contribution >= 0.6 is 0 Å². The van der Waals surface area contributed by atoms with Gasteiger partial charge < -0.3 is 5.11 Å². The molecule has 1 fully saturated rings. The topological polar surface area (TPSA) is 20.2 Å². The van der Waals surface area contributed by atoms with E-state index in [9.17, 15) is 5.11 Å². The minimum absolute atomic E-state index is 0.0395. The highest BCUT2D eigenvalue weighted by Gasteiger charge is 2.37. The first-order chi connectivity index (χ1) is 7.89. The summed E-state index contributed by atoms with van der Waals surface area (Å²) >= 11 is 0. The van der Waals surface area contributed by atoms with E-state index >= 15 is 0 Å². The van der Waals surface area contributed by atoms with Gasteiger partial charge in [-0.25, -0.2) is 0 Å². The van der Waals surface area contributed by atoms with Crippen molar-refractivity contribution in [2.75, 3.05) is 0 Å². The van der Waals surface area contributed by atoms with E-state index in [4.69, 9.17) is 0 Å². The molecule has 0 aromatic heterocycles. The first kappa shape index (κ1) is 13.1.